The third-order valence-corrected chi connectivity index (χ3v) is 4.85. The van der Waals surface area contributed by atoms with Crippen LogP contribution in [0.25, 0.3) is 11.1 Å². The van der Waals surface area contributed by atoms with Gasteiger partial charge in [0.2, 0.25) is 0 Å². The maximum atomic E-state index is 11.5. The van der Waals surface area contributed by atoms with E-state index < -0.39 is 11.4 Å². The van der Waals surface area contributed by atoms with E-state index >= 15 is 0 Å². The molecule has 0 aliphatic rings. The van der Waals surface area contributed by atoms with Gasteiger partial charge in [0.25, 0.3) is 0 Å². The van der Waals surface area contributed by atoms with Crippen LogP contribution in [0.4, 0.5) is 0 Å². The van der Waals surface area contributed by atoms with Gasteiger partial charge in [-0.25, -0.2) is 14.6 Å². The number of aromatic amines is 1. The number of benzene rings is 2. The monoisotopic (exact) mass is 403 g/mol. The van der Waals surface area contributed by atoms with Crippen LogP contribution < -0.4 is 16.2 Å². The number of hydrogen-bond acceptors (Lipinski definition) is 5. The van der Waals surface area contributed by atoms with Crippen molar-refractivity contribution in [1.82, 2.24) is 14.7 Å². The van der Waals surface area contributed by atoms with Crippen LogP contribution in [0.2, 0.25) is 0 Å². The van der Waals surface area contributed by atoms with Crippen molar-refractivity contribution in [2.75, 3.05) is 0 Å². The van der Waals surface area contributed by atoms with Crippen LogP contribution >= 0.6 is 0 Å². The number of hydrogen-bond donors (Lipinski definition) is 1. The number of nitrogens with one attached hydrogen (secondary N) is 1. The Hall–Kier alpha value is -3.87. The Labute approximate surface area is 172 Å². The summed E-state index contributed by atoms with van der Waals surface area (Å²) < 4.78 is 11.6. The maximum absolute atomic E-state index is 11.5. The molecule has 152 valence electrons. The molecule has 7 nitrogen and oxygen atoms in total. The van der Waals surface area contributed by atoms with E-state index in [9.17, 15) is 9.59 Å². The predicted molar refractivity (Wildman–Crippen MR) is 113 cm³/mol. The molecule has 0 aliphatic heterocycles. The molecule has 0 atom stereocenters. The fraction of sp³-hybridized carbons (Fsp3) is 0.174. The highest BCUT2D eigenvalue weighted by Gasteiger charge is 2.08. The smallest absolute Gasteiger partial charge is 0.440 e. The first kappa shape index (κ1) is 19.4. The van der Waals surface area contributed by atoms with Gasteiger partial charge in [-0.05, 0) is 54.3 Å². The molecule has 0 fully saturated rings. The van der Waals surface area contributed by atoms with Gasteiger partial charge in [0.1, 0.15) is 12.4 Å². The summed E-state index contributed by atoms with van der Waals surface area (Å²) in [6, 6.07) is 15.6. The summed E-state index contributed by atoms with van der Waals surface area (Å²) in [6.45, 7) is 4.75. The lowest BCUT2D eigenvalue weighted by atomic mass is 9.96. The van der Waals surface area contributed by atoms with Crippen LogP contribution in [0.1, 0.15) is 22.3 Å². The lowest BCUT2D eigenvalue weighted by Crippen LogP contribution is -2.17. The first-order chi connectivity index (χ1) is 14.5. The molecule has 0 bridgehead atoms. The first-order valence-electron chi connectivity index (χ1n) is 9.52. The van der Waals surface area contributed by atoms with Gasteiger partial charge in [0.05, 0.1) is 6.54 Å². The van der Waals surface area contributed by atoms with E-state index in [1.807, 2.05) is 30.5 Å². The summed E-state index contributed by atoms with van der Waals surface area (Å²) in [5, 5.41) is 0. The molecule has 0 unspecified atom stereocenters. The summed E-state index contributed by atoms with van der Waals surface area (Å²) in [5.41, 5.74) is 5.90. The highest BCUT2D eigenvalue weighted by molar-refractivity contribution is 5.70. The normalized spacial score (nSPS) is 10.9. The Morgan fingerprint density at radius 1 is 1.00 bits per heavy atom. The van der Waals surface area contributed by atoms with Gasteiger partial charge >= 0.3 is 11.4 Å². The minimum Gasteiger partial charge on any atom is -0.489 e. The Bertz CT molecular complexity index is 1260. The van der Waals surface area contributed by atoms with E-state index in [0.29, 0.717) is 12.4 Å². The molecule has 0 spiro atoms. The molecular formula is C23H21N3O4. The molecule has 0 saturated heterocycles. The van der Waals surface area contributed by atoms with Crippen molar-refractivity contribution in [1.29, 1.82) is 0 Å². The molecule has 0 amide bonds. The van der Waals surface area contributed by atoms with Gasteiger partial charge < -0.3 is 9.26 Å². The molecule has 30 heavy (non-hydrogen) atoms. The fourth-order valence-corrected chi connectivity index (χ4v) is 3.41. The molecule has 0 radical (unpaired) electrons. The van der Waals surface area contributed by atoms with Crippen LogP contribution in [0.15, 0.2) is 75.0 Å². The van der Waals surface area contributed by atoms with Crippen molar-refractivity contribution in [3.05, 3.63) is 104 Å². The predicted octanol–water partition coefficient (Wildman–Crippen LogP) is 3.44. The van der Waals surface area contributed by atoms with Gasteiger partial charge in [0.15, 0.2) is 0 Å². The van der Waals surface area contributed by atoms with Crippen molar-refractivity contribution in [3.63, 3.8) is 0 Å². The van der Waals surface area contributed by atoms with Gasteiger partial charge in [-0.3, -0.25) is 4.98 Å². The summed E-state index contributed by atoms with van der Waals surface area (Å²) in [5.74, 6) is -0.0734. The second-order valence-corrected chi connectivity index (χ2v) is 7.13. The topological polar surface area (TPSA) is 90.1 Å². The zero-order valence-corrected chi connectivity index (χ0v) is 16.7. The van der Waals surface area contributed by atoms with Crippen LogP contribution in [0, 0.1) is 13.8 Å². The highest BCUT2D eigenvalue weighted by atomic mass is 16.5. The van der Waals surface area contributed by atoms with E-state index in [0.717, 1.165) is 21.4 Å². The first-order valence-corrected chi connectivity index (χ1v) is 9.52. The number of aryl methyl sites for hydroxylation is 2. The summed E-state index contributed by atoms with van der Waals surface area (Å²) >= 11 is 0. The van der Waals surface area contributed by atoms with E-state index in [2.05, 4.69) is 48.1 Å². The quantitative estimate of drug-likeness (QED) is 0.533. The SMILES string of the molecule is Cc1cccc(C)c1-c1cncc(COc2ccc(Cn3oc(=O)[nH]c3=O)cc2)c1. The average molecular weight is 403 g/mol. The van der Waals surface area contributed by atoms with E-state index in [1.165, 1.54) is 16.7 Å². The van der Waals surface area contributed by atoms with Crippen LogP contribution in [0.3, 0.4) is 0 Å². The van der Waals surface area contributed by atoms with Gasteiger partial charge in [-0.1, -0.05) is 30.3 Å². The van der Waals surface area contributed by atoms with Gasteiger partial charge in [-0.15, -0.1) is 4.74 Å². The summed E-state index contributed by atoms with van der Waals surface area (Å²) in [4.78, 5) is 29.0. The minimum atomic E-state index is -0.767. The lowest BCUT2D eigenvalue weighted by Gasteiger charge is -2.12. The molecule has 4 aromatic rings. The second kappa shape index (κ2) is 8.24. The summed E-state index contributed by atoms with van der Waals surface area (Å²) in [6.07, 6.45) is 3.67. The number of ether oxygens (including phenoxy) is 1. The zero-order valence-electron chi connectivity index (χ0n) is 16.7. The Morgan fingerprint density at radius 3 is 2.40 bits per heavy atom. The number of pyridine rings is 1. The van der Waals surface area contributed by atoms with E-state index in [-0.39, 0.29) is 6.54 Å². The molecule has 2 heterocycles. The third-order valence-electron chi connectivity index (χ3n) is 4.85. The van der Waals surface area contributed by atoms with Crippen molar-refractivity contribution in [2.24, 2.45) is 0 Å². The third kappa shape index (κ3) is 4.25. The molecule has 4 rings (SSSR count). The number of H-pyrrole nitrogens is 1. The number of rotatable bonds is 6. The van der Waals surface area contributed by atoms with Crippen molar-refractivity contribution < 1.29 is 9.26 Å². The minimum absolute atomic E-state index is 0.166. The Morgan fingerprint density at radius 2 is 1.73 bits per heavy atom. The summed E-state index contributed by atoms with van der Waals surface area (Å²) in [7, 11) is 0. The Kier molecular flexibility index (Phi) is 5.34. The van der Waals surface area contributed by atoms with E-state index in [1.54, 1.807) is 6.20 Å². The Balaban J connectivity index is 1.44. The largest absolute Gasteiger partial charge is 0.489 e. The van der Waals surface area contributed by atoms with Crippen LogP contribution in [-0.4, -0.2) is 14.7 Å². The number of nitrogens with zero attached hydrogens (tertiary/aromatic N) is 2. The van der Waals surface area contributed by atoms with Gasteiger partial charge in [-0.2, -0.15) is 0 Å². The molecule has 7 heteroatoms. The molecule has 0 aliphatic carbocycles. The second-order valence-electron chi connectivity index (χ2n) is 7.13. The highest BCUT2D eigenvalue weighted by Crippen LogP contribution is 2.27. The standard InChI is InChI=1S/C23H21N3O4/c1-15-4-3-5-16(2)21(15)19-10-18(11-24-12-19)14-29-20-8-6-17(7-9-20)13-26-22(27)25-23(28)30-26/h3-12H,13-14H2,1-2H3,(H,25,27,28). The molecule has 2 aromatic heterocycles. The molecule has 0 saturated carbocycles. The molecular weight excluding hydrogens is 382 g/mol. The van der Waals surface area contributed by atoms with Crippen LogP contribution in [-0.2, 0) is 13.2 Å². The fourth-order valence-electron chi connectivity index (χ4n) is 3.41. The lowest BCUT2D eigenvalue weighted by molar-refractivity contribution is 0.258. The molecule has 1 N–H and O–H groups in total. The zero-order chi connectivity index (χ0) is 21.1. The maximum Gasteiger partial charge on any atom is 0.440 e. The van der Waals surface area contributed by atoms with E-state index in [4.69, 9.17) is 9.26 Å². The van der Waals surface area contributed by atoms with Gasteiger partial charge in [0, 0.05) is 23.5 Å². The average Bonchev–Trinajstić information content (AvgIpc) is 3.04. The molecule has 2 aromatic carbocycles. The van der Waals surface area contributed by atoms with Crippen molar-refractivity contribution in [3.8, 4) is 16.9 Å². The van der Waals surface area contributed by atoms with Crippen molar-refractivity contribution >= 4 is 0 Å². The van der Waals surface area contributed by atoms with Crippen LogP contribution in [0.5, 0.6) is 5.75 Å². The number of aromatic nitrogens is 3. The van der Waals surface area contributed by atoms with Crippen molar-refractivity contribution in [2.45, 2.75) is 27.0 Å².